The van der Waals surface area contributed by atoms with Crippen molar-refractivity contribution >= 4 is 11.8 Å². The van der Waals surface area contributed by atoms with Crippen molar-refractivity contribution in [2.75, 3.05) is 13.1 Å². The van der Waals surface area contributed by atoms with Crippen LogP contribution in [0.1, 0.15) is 52.9 Å². The van der Waals surface area contributed by atoms with Gasteiger partial charge in [-0.15, -0.1) is 0 Å². The molecule has 0 saturated carbocycles. The highest BCUT2D eigenvalue weighted by molar-refractivity contribution is 5.97. The second kappa shape index (κ2) is 6.03. The summed E-state index contributed by atoms with van der Waals surface area (Å²) in [6.07, 6.45) is 4.55. The van der Waals surface area contributed by atoms with E-state index in [0.29, 0.717) is 19.4 Å². The van der Waals surface area contributed by atoms with Crippen LogP contribution in [0.5, 0.6) is 0 Å². The molecule has 98 valence electrons. The van der Waals surface area contributed by atoms with Gasteiger partial charge in [-0.05, 0) is 19.3 Å². The number of amides is 2. The Hall–Kier alpha value is -1.06. The summed E-state index contributed by atoms with van der Waals surface area (Å²) < 4.78 is 0. The van der Waals surface area contributed by atoms with Crippen LogP contribution in [0, 0.1) is 0 Å². The monoisotopic (exact) mass is 240 g/mol. The van der Waals surface area contributed by atoms with Crippen LogP contribution in [-0.2, 0) is 9.59 Å². The normalized spacial score (nSPS) is 19.4. The molecule has 1 N–H and O–H groups in total. The van der Waals surface area contributed by atoms with Crippen LogP contribution >= 0.6 is 0 Å². The third kappa shape index (κ3) is 2.99. The van der Waals surface area contributed by atoms with Gasteiger partial charge < -0.3 is 10.2 Å². The minimum Gasteiger partial charge on any atom is -0.340 e. The number of carbonyl (C=O) groups excluding carboxylic acids is 2. The number of hydrogen-bond acceptors (Lipinski definition) is 2. The van der Waals surface area contributed by atoms with Crippen molar-refractivity contribution < 1.29 is 9.59 Å². The predicted octanol–water partition coefficient (Wildman–Crippen LogP) is 1.69. The van der Waals surface area contributed by atoms with E-state index in [2.05, 4.69) is 12.2 Å². The van der Waals surface area contributed by atoms with E-state index >= 15 is 0 Å². The first-order valence-electron chi connectivity index (χ1n) is 6.70. The highest BCUT2D eigenvalue weighted by Gasteiger charge is 2.43. The number of carbonyl (C=O) groups is 2. The maximum absolute atomic E-state index is 12.4. The SMILES string of the molecule is CCCCCN1CC(=O)NC(CC)(CC)C1=O. The van der Waals surface area contributed by atoms with Crippen LogP contribution in [0.4, 0.5) is 0 Å². The van der Waals surface area contributed by atoms with Crippen molar-refractivity contribution in [3.63, 3.8) is 0 Å². The zero-order valence-electron chi connectivity index (χ0n) is 11.2. The van der Waals surface area contributed by atoms with Crippen LogP contribution in [0.3, 0.4) is 0 Å². The van der Waals surface area contributed by atoms with Crippen LogP contribution in [0.15, 0.2) is 0 Å². The molecular formula is C13H24N2O2. The van der Waals surface area contributed by atoms with Gasteiger partial charge in [-0.1, -0.05) is 33.6 Å². The summed E-state index contributed by atoms with van der Waals surface area (Å²) in [7, 11) is 0. The fourth-order valence-electron chi connectivity index (χ4n) is 2.37. The summed E-state index contributed by atoms with van der Waals surface area (Å²) in [5.41, 5.74) is -0.651. The average Bonchev–Trinajstić information content (AvgIpc) is 2.33. The Balaban J connectivity index is 2.71. The number of nitrogens with one attached hydrogen (secondary N) is 1. The average molecular weight is 240 g/mol. The number of hydrogen-bond donors (Lipinski definition) is 1. The van der Waals surface area contributed by atoms with E-state index in [-0.39, 0.29) is 18.4 Å². The molecule has 0 spiro atoms. The summed E-state index contributed by atoms with van der Waals surface area (Å²) in [5, 5.41) is 2.87. The molecular weight excluding hydrogens is 216 g/mol. The maximum atomic E-state index is 12.4. The lowest BCUT2D eigenvalue weighted by molar-refractivity contribution is -0.150. The minimum absolute atomic E-state index is 0.0233. The summed E-state index contributed by atoms with van der Waals surface area (Å²) in [4.78, 5) is 25.8. The van der Waals surface area contributed by atoms with Gasteiger partial charge in [-0.25, -0.2) is 0 Å². The van der Waals surface area contributed by atoms with E-state index in [4.69, 9.17) is 0 Å². The van der Waals surface area contributed by atoms with Gasteiger partial charge in [0.05, 0.1) is 6.54 Å². The second-order valence-electron chi connectivity index (χ2n) is 4.77. The zero-order chi connectivity index (χ0) is 12.9. The molecule has 1 saturated heterocycles. The van der Waals surface area contributed by atoms with Crippen molar-refractivity contribution in [1.29, 1.82) is 0 Å². The molecule has 0 unspecified atom stereocenters. The van der Waals surface area contributed by atoms with E-state index in [0.717, 1.165) is 19.3 Å². The van der Waals surface area contributed by atoms with Gasteiger partial charge in [0.15, 0.2) is 0 Å². The Morgan fingerprint density at radius 1 is 1.18 bits per heavy atom. The van der Waals surface area contributed by atoms with Crippen molar-refractivity contribution in [2.24, 2.45) is 0 Å². The Kier molecular flexibility index (Phi) is 4.97. The van der Waals surface area contributed by atoms with Gasteiger partial charge >= 0.3 is 0 Å². The van der Waals surface area contributed by atoms with Gasteiger partial charge in [0.25, 0.3) is 0 Å². The smallest absolute Gasteiger partial charge is 0.248 e. The van der Waals surface area contributed by atoms with E-state index in [1.807, 2.05) is 13.8 Å². The number of nitrogens with zero attached hydrogens (tertiary/aromatic N) is 1. The molecule has 1 heterocycles. The minimum atomic E-state index is -0.651. The largest absolute Gasteiger partial charge is 0.340 e. The first kappa shape index (κ1) is 14.0. The number of rotatable bonds is 6. The topological polar surface area (TPSA) is 49.4 Å². The van der Waals surface area contributed by atoms with E-state index in [9.17, 15) is 9.59 Å². The zero-order valence-corrected chi connectivity index (χ0v) is 11.2. The van der Waals surface area contributed by atoms with Gasteiger partial charge in [0.1, 0.15) is 5.54 Å². The molecule has 4 heteroatoms. The van der Waals surface area contributed by atoms with Crippen molar-refractivity contribution in [3.8, 4) is 0 Å². The molecule has 4 nitrogen and oxygen atoms in total. The molecule has 1 rings (SSSR count). The Morgan fingerprint density at radius 2 is 1.82 bits per heavy atom. The molecule has 0 aromatic rings. The quantitative estimate of drug-likeness (QED) is 0.718. The second-order valence-corrected chi connectivity index (χ2v) is 4.77. The molecule has 17 heavy (non-hydrogen) atoms. The van der Waals surface area contributed by atoms with Crippen LogP contribution in [0.2, 0.25) is 0 Å². The van der Waals surface area contributed by atoms with Crippen molar-refractivity contribution in [2.45, 2.75) is 58.4 Å². The summed E-state index contributed by atoms with van der Waals surface area (Å²) in [6, 6.07) is 0. The molecule has 1 aliphatic heterocycles. The molecule has 2 amide bonds. The molecule has 0 radical (unpaired) electrons. The Labute approximate surface area is 104 Å². The highest BCUT2D eigenvalue weighted by atomic mass is 16.2. The van der Waals surface area contributed by atoms with Crippen LogP contribution in [0.25, 0.3) is 0 Å². The molecule has 0 aromatic heterocycles. The van der Waals surface area contributed by atoms with Gasteiger partial charge in [-0.2, -0.15) is 0 Å². The third-order valence-corrected chi connectivity index (χ3v) is 3.65. The van der Waals surface area contributed by atoms with Gasteiger partial charge in [0, 0.05) is 6.54 Å². The van der Waals surface area contributed by atoms with E-state index < -0.39 is 5.54 Å². The van der Waals surface area contributed by atoms with Crippen LogP contribution in [-0.4, -0.2) is 35.3 Å². The third-order valence-electron chi connectivity index (χ3n) is 3.65. The Bertz CT molecular complexity index is 285. The van der Waals surface area contributed by atoms with Gasteiger partial charge in [0.2, 0.25) is 11.8 Å². The predicted molar refractivity (Wildman–Crippen MR) is 67.6 cm³/mol. The molecule has 1 aliphatic rings. The maximum Gasteiger partial charge on any atom is 0.248 e. The lowest BCUT2D eigenvalue weighted by atomic mass is 9.89. The molecule has 0 aliphatic carbocycles. The highest BCUT2D eigenvalue weighted by Crippen LogP contribution is 2.22. The number of piperazine rings is 1. The summed E-state index contributed by atoms with van der Waals surface area (Å²) in [5.74, 6) is 0.0722. The molecule has 0 aromatic carbocycles. The fraction of sp³-hybridized carbons (Fsp3) is 0.846. The lowest BCUT2D eigenvalue weighted by Crippen LogP contribution is -2.66. The van der Waals surface area contributed by atoms with E-state index in [1.54, 1.807) is 4.90 Å². The van der Waals surface area contributed by atoms with Crippen molar-refractivity contribution in [1.82, 2.24) is 10.2 Å². The van der Waals surface area contributed by atoms with E-state index in [1.165, 1.54) is 0 Å². The first-order valence-corrected chi connectivity index (χ1v) is 6.70. The van der Waals surface area contributed by atoms with Crippen LogP contribution < -0.4 is 5.32 Å². The molecule has 0 bridgehead atoms. The van der Waals surface area contributed by atoms with Crippen molar-refractivity contribution in [3.05, 3.63) is 0 Å². The standard InChI is InChI=1S/C13H24N2O2/c1-4-7-8-9-15-10-11(16)14-13(5-2,6-3)12(15)17/h4-10H2,1-3H3,(H,14,16). The number of unbranched alkanes of at least 4 members (excludes halogenated alkanes) is 2. The summed E-state index contributed by atoms with van der Waals surface area (Å²) in [6.45, 7) is 6.98. The summed E-state index contributed by atoms with van der Waals surface area (Å²) >= 11 is 0. The molecule has 1 fully saturated rings. The first-order chi connectivity index (χ1) is 8.09. The van der Waals surface area contributed by atoms with Gasteiger partial charge in [-0.3, -0.25) is 9.59 Å². The Morgan fingerprint density at radius 3 is 2.35 bits per heavy atom. The molecule has 0 atom stereocenters. The fourth-order valence-corrected chi connectivity index (χ4v) is 2.37. The lowest BCUT2D eigenvalue weighted by Gasteiger charge is -2.41.